The van der Waals surface area contributed by atoms with E-state index in [4.69, 9.17) is 0 Å². The summed E-state index contributed by atoms with van der Waals surface area (Å²) in [6.45, 7) is 5.40. The van der Waals surface area contributed by atoms with Crippen LogP contribution < -0.4 is 0 Å². The fraction of sp³-hybridized carbons (Fsp3) is 0.231. The quantitative estimate of drug-likeness (QED) is 0.833. The lowest BCUT2D eigenvalue weighted by Gasteiger charge is -2.00. The van der Waals surface area contributed by atoms with E-state index < -0.39 is 6.43 Å². The van der Waals surface area contributed by atoms with Crippen molar-refractivity contribution in [3.63, 3.8) is 0 Å². The second-order valence-corrected chi connectivity index (χ2v) is 3.95. The van der Waals surface area contributed by atoms with E-state index in [2.05, 4.69) is 16.7 Å². The fourth-order valence-electron chi connectivity index (χ4n) is 1.61. The molecule has 0 aromatic carbocycles. The lowest BCUT2D eigenvalue weighted by atomic mass is 10.2. The molecule has 5 heteroatoms. The third-order valence-corrected chi connectivity index (χ3v) is 2.59. The van der Waals surface area contributed by atoms with Crippen LogP contribution in [-0.4, -0.2) is 21.2 Å². The zero-order valence-corrected chi connectivity index (χ0v) is 9.98. The van der Waals surface area contributed by atoms with Crippen molar-refractivity contribution in [3.8, 4) is 5.82 Å². The predicted molar refractivity (Wildman–Crippen MR) is 65.9 cm³/mol. The monoisotopic (exact) mass is 249 g/mol. The van der Waals surface area contributed by atoms with Crippen molar-refractivity contribution in [2.45, 2.75) is 19.8 Å². The van der Waals surface area contributed by atoms with Gasteiger partial charge >= 0.3 is 0 Å². The number of hydrogen-bond donors (Lipinski definition) is 0. The van der Waals surface area contributed by atoms with Crippen LogP contribution in [0.2, 0.25) is 0 Å². The smallest absolute Gasteiger partial charge is 0.237 e. The molecule has 0 bridgehead atoms. The molecule has 2 heterocycles. The van der Waals surface area contributed by atoms with Crippen LogP contribution in [0.4, 0.5) is 8.78 Å². The predicted octanol–water partition coefficient (Wildman–Crippen LogP) is 3.03. The maximum absolute atomic E-state index is 12.3. The summed E-state index contributed by atoms with van der Waals surface area (Å²) in [5.41, 5.74) is 2.04. The number of halogens is 2. The minimum atomic E-state index is -2.39. The summed E-state index contributed by atoms with van der Waals surface area (Å²) in [7, 11) is 0. The molecule has 0 spiro atoms. The second kappa shape index (κ2) is 5.08. The third-order valence-electron chi connectivity index (χ3n) is 2.59. The summed E-state index contributed by atoms with van der Waals surface area (Å²) in [6.07, 6.45) is 2.33. The number of nitrogens with zero attached hydrogens (tertiary/aromatic N) is 3. The number of pyridine rings is 1. The Morgan fingerprint density at radius 1 is 1.44 bits per heavy atom. The molecule has 0 saturated carbocycles. The van der Waals surface area contributed by atoms with Gasteiger partial charge in [0.2, 0.25) is 6.43 Å². The lowest BCUT2D eigenvalue weighted by Crippen LogP contribution is -2.02. The van der Waals surface area contributed by atoms with Gasteiger partial charge in [0.05, 0.1) is 12.1 Å². The number of rotatable bonds is 4. The van der Waals surface area contributed by atoms with Crippen molar-refractivity contribution in [3.05, 3.63) is 47.9 Å². The molecule has 2 aromatic rings. The van der Waals surface area contributed by atoms with E-state index in [0.717, 1.165) is 11.1 Å². The highest BCUT2D eigenvalue weighted by atomic mass is 19.3. The van der Waals surface area contributed by atoms with Gasteiger partial charge in [-0.2, -0.15) is 5.10 Å². The van der Waals surface area contributed by atoms with Crippen molar-refractivity contribution in [1.29, 1.82) is 0 Å². The average Bonchev–Trinajstić information content (AvgIpc) is 2.70. The molecule has 0 fully saturated rings. The highest BCUT2D eigenvalue weighted by molar-refractivity contribution is 5.46. The number of aryl methyl sites for hydroxylation is 1. The molecule has 0 saturated heterocycles. The van der Waals surface area contributed by atoms with E-state index in [0.29, 0.717) is 11.5 Å². The summed E-state index contributed by atoms with van der Waals surface area (Å²) < 4.78 is 26.2. The summed E-state index contributed by atoms with van der Waals surface area (Å²) >= 11 is 0. The van der Waals surface area contributed by atoms with Gasteiger partial charge in [-0.15, -0.1) is 0 Å². The van der Waals surface area contributed by atoms with E-state index in [1.54, 1.807) is 31.5 Å². The van der Waals surface area contributed by atoms with Gasteiger partial charge in [-0.05, 0) is 30.2 Å². The summed E-state index contributed by atoms with van der Waals surface area (Å²) in [5, 5.41) is 4.12. The van der Waals surface area contributed by atoms with E-state index >= 15 is 0 Å². The Bertz CT molecular complexity index is 544. The van der Waals surface area contributed by atoms with Crippen LogP contribution in [0.5, 0.6) is 0 Å². The minimum Gasteiger partial charge on any atom is -0.237 e. The molecule has 0 aliphatic carbocycles. The maximum atomic E-state index is 12.3. The summed E-state index contributed by atoms with van der Waals surface area (Å²) in [5.74, 6) is 0.601. The zero-order valence-electron chi connectivity index (χ0n) is 9.98. The second-order valence-electron chi connectivity index (χ2n) is 3.95. The Morgan fingerprint density at radius 3 is 2.78 bits per heavy atom. The van der Waals surface area contributed by atoms with Gasteiger partial charge in [-0.3, -0.25) is 0 Å². The van der Waals surface area contributed by atoms with Gasteiger partial charge in [0.15, 0.2) is 5.82 Å². The third kappa shape index (κ3) is 2.61. The molecule has 0 unspecified atom stereocenters. The Kier molecular flexibility index (Phi) is 3.50. The Balaban J connectivity index is 2.30. The van der Waals surface area contributed by atoms with Gasteiger partial charge in [-0.25, -0.2) is 18.4 Å². The van der Waals surface area contributed by atoms with Crippen LogP contribution in [0.25, 0.3) is 11.9 Å². The first-order valence-electron chi connectivity index (χ1n) is 5.52. The maximum Gasteiger partial charge on any atom is 0.244 e. The molecule has 0 aliphatic heterocycles. The van der Waals surface area contributed by atoms with Crippen molar-refractivity contribution in [2.24, 2.45) is 0 Å². The Labute approximate surface area is 104 Å². The van der Waals surface area contributed by atoms with E-state index in [9.17, 15) is 8.78 Å². The van der Waals surface area contributed by atoms with Crippen LogP contribution in [0, 0.1) is 6.92 Å². The number of aromatic nitrogens is 3. The molecule has 0 amide bonds. The molecule has 0 N–H and O–H groups in total. The first kappa shape index (κ1) is 12.4. The highest BCUT2D eigenvalue weighted by Gasteiger charge is 2.12. The molecular formula is C13H13F2N3. The first-order valence-corrected chi connectivity index (χ1v) is 5.52. The van der Waals surface area contributed by atoms with Crippen LogP contribution in [-0.2, 0) is 6.42 Å². The summed E-state index contributed by atoms with van der Waals surface area (Å²) in [4.78, 5) is 4.20. The molecular weight excluding hydrogens is 236 g/mol. The molecule has 3 nitrogen and oxygen atoms in total. The van der Waals surface area contributed by atoms with E-state index in [1.165, 1.54) is 4.68 Å². The van der Waals surface area contributed by atoms with Crippen LogP contribution in [0.1, 0.15) is 16.8 Å². The molecule has 18 heavy (non-hydrogen) atoms. The highest BCUT2D eigenvalue weighted by Crippen LogP contribution is 2.14. The molecule has 0 radical (unpaired) electrons. The average molecular weight is 249 g/mol. The first-order chi connectivity index (χ1) is 8.60. The van der Waals surface area contributed by atoms with Gasteiger partial charge in [0, 0.05) is 12.4 Å². The van der Waals surface area contributed by atoms with Gasteiger partial charge in [-0.1, -0.05) is 12.7 Å². The van der Waals surface area contributed by atoms with Crippen LogP contribution in [0.15, 0.2) is 31.1 Å². The molecule has 0 aliphatic rings. The Morgan fingerprint density at radius 2 is 2.22 bits per heavy atom. The summed E-state index contributed by atoms with van der Waals surface area (Å²) in [6, 6.07) is 3.62. The van der Waals surface area contributed by atoms with Crippen molar-refractivity contribution >= 4 is 6.08 Å². The van der Waals surface area contributed by atoms with E-state index in [-0.39, 0.29) is 6.42 Å². The molecule has 94 valence electrons. The largest absolute Gasteiger partial charge is 0.244 e. The van der Waals surface area contributed by atoms with Gasteiger partial charge in [0.1, 0.15) is 0 Å². The van der Waals surface area contributed by atoms with Crippen molar-refractivity contribution in [1.82, 2.24) is 14.8 Å². The SMILES string of the molecule is C=Cc1ccc(-n2cc(C)c(CC(F)F)n2)nc1. The van der Waals surface area contributed by atoms with Gasteiger partial charge < -0.3 is 0 Å². The zero-order chi connectivity index (χ0) is 13.1. The van der Waals surface area contributed by atoms with Crippen molar-refractivity contribution in [2.75, 3.05) is 0 Å². The van der Waals surface area contributed by atoms with E-state index in [1.807, 2.05) is 6.07 Å². The number of hydrogen-bond acceptors (Lipinski definition) is 2. The Hall–Kier alpha value is -2.04. The fourth-order valence-corrected chi connectivity index (χ4v) is 1.61. The lowest BCUT2D eigenvalue weighted by molar-refractivity contribution is 0.147. The van der Waals surface area contributed by atoms with Gasteiger partial charge in [0.25, 0.3) is 0 Å². The molecule has 2 aromatic heterocycles. The standard InChI is InChI=1S/C13H13F2N3/c1-3-10-4-5-13(16-7-10)18-8-9(2)11(17-18)6-12(14)15/h3-5,7-8,12H,1,6H2,2H3. The van der Waals surface area contributed by atoms with Crippen LogP contribution in [0.3, 0.4) is 0 Å². The minimum absolute atomic E-state index is 0.330. The normalized spacial score (nSPS) is 10.9. The number of alkyl halides is 2. The molecule has 0 atom stereocenters. The van der Waals surface area contributed by atoms with Crippen LogP contribution >= 0.6 is 0 Å². The topological polar surface area (TPSA) is 30.7 Å². The van der Waals surface area contributed by atoms with Crippen molar-refractivity contribution < 1.29 is 8.78 Å². The molecule has 2 rings (SSSR count).